The van der Waals surface area contributed by atoms with Crippen molar-refractivity contribution in [2.75, 3.05) is 4.90 Å². The molecule has 3 aromatic rings. The molecule has 3 nitrogen and oxygen atoms in total. The van der Waals surface area contributed by atoms with Gasteiger partial charge in [0, 0.05) is 11.8 Å². The fourth-order valence-electron chi connectivity index (χ4n) is 2.85. The Labute approximate surface area is 146 Å². The molecule has 4 rings (SSSR count). The first-order valence-electron chi connectivity index (χ1n) is 7.93. The number of benzene rings is 2. The minimum absolute atomic E-state index is 0.181. The van der Waals surface area contributed by atoms with Crippen LogP contribution in [0.15, 0.2) is 70.7 Å². The lowest BCUT2D eigenvalue weighted by atomic mass is 10.0. The van der Waals surface area contributed by atoms with E-state index in [0.717, 1.165) is 17.1 Å². The van der Waals surface area contributed by atoms with Crippen molar-refractivity contribution in [1.29, 1.82) is 0 Å². The van der Waals surface area contributed by atoms with E-state index in [1.54, 1.807) is 11.8 Å². The van der Waals surface area contributed by atoms with Crippen molar-refractivity contribution < 1.29 is 4.52 Å². The molecule has 2 heterocycles. The smallest absolute Gasteiger partial charge is 0.235 e. The second-order valence-corrected chi connectivity index (χ2v) is 6.86. The average molecular weight is 334 g/mol. The summed E-state index contributed by atoms with van der Waals surface area (Å²) in [5.41, 5.74) is 5.74. The van der Waals surface area contributed by atoms with E-state index in [4.69, 9.17) is 4.52 Å². The summed E-state index contributed by atoms with van der Waals surface area (Å²) in [7, 11) is 0. The number of rotatable bonds is 3. The Morgan fingerprint density at radius 3 is 2.33 bits per heavy atom. The lowest BCUT2D eigenvalue weighted by Gasteiger charge is -2.23. The van der Waals surface area contributed by atoms with Crippen LogP contribution in [0.3, 0.4) is 0 Å². The largest absolute Gasteiger partial charge is 0.338 e. The van der Waals surface area contributed by atoms with Gasteiger partial charge in [-0.2, -0.15) is 0 Å². The first kappa shape index (κ1) is 15.1. The van der Waals surface area contributed by atoms with Crippen molar-refractivity contribution in [2.45, 2.75) is 19.2 Å². The summed E-state index contributed by atoms with van der Waals surface area (Å²) in [6.45, 7) is 4.02. The molecule has 0 fully saturated rings. The van der Waals surface area contributed by atoms with E-state index in [1.165, 1.54) is 16.7 Å². The molecule has 0 amide bonds. The summed E-state index contributed by atoms with van der Waals surface area (Å²) >= 11 is 1.78. The molecule has 1 unspecified atom stereocenters. The second-order valence-electron chi connectivity index (χ2n) is 5.87. The van der Waals surface area contributed by atoms with Gasteiger partial charge in [0.15, 0.2) is 0 Å². The molecule has 1 aliphatic heterocycles. The third-order valence-corrected chi connectivity index (χ3v) is 5.39. The SMILES string of the molecule is Cc1noc(N2C=CSC2c2ccc(-c3ccccc3)cc2)c1C. The standard InChI is InChI=1S/C20H18N2OS/c1-14-15(2)21-23-19(14)22-12-13-24-20(22)18-10-8-17(9-11-18)16-6-4-3-5-7-16/h3-13,20H,1-2H3. The highest BCUT2D eigenvalue weighted by Gasteiger charge is 2.27. The van der Waals surface area contributed by atoms with Gasteiger partial charge in [0.05, 0.1) is 5.69 Å². The van der Waals surface area contributed by atoms with Crippen LogP contribution in [-0.2, 0) is 0 Å². The Hall–Kier alpha value is -2.46. The molecule has 0 saturated carbocycles. The summed E-state index contributed by atoms with van der Waals surface area (Å²) in [5, 5.41) is 6.37. The molecule has 0 bridgehead atoms. The molecule has 1 aliphatic rings. The maximum atomic E-state index is 5.54. The third kappa shape index (κ3) is 2.63. The predicted molar refractivity (Wildman–Crippen MR) is 99.8 cm³/mol. The quantitative estimate of drug-likeness (QED) is 0.616. The Kier molecular flexibility index (Phi) is 3.90. The number of aromatic nitrogens is 1. The van der Waals surface area contributed by atoms with Crippen molar-refractivity contribution >= 4 is 17.6 Å². The molecular weight excluding hydrogens is 316 g/mol. The third-order valence-electron chi connectivity index (χ3n) is 4.35. The van der Waals surface area contributed by atoms with Crippen molar-refractivity contribution in [3.05, 3.63) is 83.0 Å². The van der Waals surface area contributed by atoms with Gasteiger partial charge in [-0.1, -0.05) is 59.8 Å². The van der Waals surface area contributed by atoms with Gasteiger partial charge in [-0.05, 0) is 35.9 Å². The average Bonchev–Trinajstić information content (AvgIpc) is 3.23. The maximum Gasteiger partial charge on any atom is 0.235 e. The van der Waals surface area contributed by atoms with Crippen molar-refractivity contribution in [3.63, 3.8) is 0 Å². The van der Waals surface area contributed by atoms with Crippen LogP contribution < -0.4 is 4.90 Å². The van der Waals surface area contributed by atoms with E-state index in [9.17, 15) is 0 Å². The van der Waals surface area contributed by atoms with Crippen LogP contribution in [0, 0.1) is 13.8 Å². The van der Waals surface area contributed by atoms with Gasteiger partial charge in [-0.25, -0.2) is 0 Å². The highest BCUT2D eigenvalue weighted by Crippen LogP contribution is 2.43. The minimum Gasteiger partial charge on any atom is -0.338 e. The zero-order chi connectivity index (χ0) is 16.5. The van der Waals surface area contributed by atoms with E-state index in [-0.39, 0.29) is 5.37 Å². The summed E-state index contributed by atoms with van der Waals surface area (Å²) in [6, 6.07) is 19.2. The Balaban J connectivity index is 1.63. The molecule has 0 spiro atoms. The molecule has 1 atom stereocenters. The van der Waals surface area contributed by atoms with E-state index in [2.05, 4.69) is 70.2 Å². The van der Waals surface area contributed by atoms with Gasteiger partial charge < -0.3 is 4.52 Å². The van der Waals surface area contributed by atoms with Gasteiger partial charge in [0.25, 0.3) is 0 Å². The zero-order valence-electron chi connectivity index (χ0n) is 13.6. The fraction of sp³-hybridized carbons (Fsp3) is 0.150. The molecule has 0 radical (unpaired) electrons. The lowest BCUT2D eigenvalue weighted by molar-refractivity contribution is 0.416. The normalized spacial score (nSPS) is 16.8. The zero-order valence-corrected chi connectivity index (χ0v) is 14.5. The summed E-state index contributed by atoms with van der Waals surface area (Å²) < 4.78 is 5.54. The maximum absolute atomic E-state index is 5.54. The molecule has 0 saturated heterocycles. The molecular formula is C20H18N2OS. The van der Waals surface area contributed by atoms with Crippen LogP contribution in [0.25, 0.3) is 11.1 Å². The van der Waals surface area contributed by atoms with Crippen LogP contribution >= 0.6 is 11.8 Å². The number of hydrogen-bond acceptors (Lipinski definition) is 4. The predicted octanol–water partition coefficient (Wildman–Crippen LogP) is 5.68. The van der Waals surface area contributed by atoms with E-state index < -0.39 is 0 Å². The molecule has 2 aromatic carbocycles. The summed E-state index contributed by atoms with van der Waals surface area (Å²) in [6.07, 6.45) is 2.06. The second kappa shape index (κ2) is 6.21. The van der Waals surface area contributed by atoms with Crippen molar-refractivity contribution in [1.82, 2.24) is 5.16 Å². The Morgan fingerprint density at radius 2 is 1.67 bits per heavy atom. The molecule has 120 valence electrons. The van der Waals surface area contributed by atoms with Crippen LogP contribution in [0.5, 0.6) is 0 Å². The molecule has 24 heavy (non-hydrogen) atoms. The van der Waals surface area contributed by atoms with Crippen LogP contribution in [-0.4, -0.2) is 5.16 Å². The highest BCUT2D eigenvalue weighted by atomic mass is 32.2. The fourth-order valence-corrected chi connectivity index (χ4v) is 3.81. The van der Waals surface area contributed by atoms with E-state index >= 15 is 0 Å². The van der Waals surface area contributed by atoms with E-state index in [0.29, 0.717) is 0 Å². The van der Waals surface area contributed by atoms with Gasteiger partial charge in [0.1, 0.15) is 5.37 Å². The van der Waals surface area contributed by atoms with Gasteiger partial charge >= 0.3 is 0 Å². The van der Waals surface area contributed by atoms with Crippen LogP contribution in [0.1, 0.15) is 22.2 Å². The van der Waals surface area contributed by atoms with E-state index in [1.807, 2.05) is 19.9 Å². The monoisotopic (exact) mass is 334 g/mol. The molecule has 1 aromatic heterocycles. The van der Waals surface area contributed by atoms with Crippen molar-refractivity contribution in [3.8, 4) is 11.1 Å². The number of thioether (sulfide) groups is 1. The molecule has 4 heteroatoms. The highest BCUT2D eigenvalue weighted by molar-refractivity contribution is 8.02. The number of nitrogens with zero attached hydrogens (tertiary/aromatic N) is 2. The van der Waals surface area contributed by atoms with Gasteiger partial charge in [-0.3, -0.25) is 4.90 Å². The number of aryl methyl sites for hydroxylation is 1. The first-order valence-corrected chi connectivity index (χ1v) is 8.87. The summed E-state index contributed by atoms with van der Waals surface area (Å²) in [4.78, 5) is 2.15. The van der Waals surface area contributed by atoms with Crippen molar-refractivity contribution in [2.24, 2.45) is 0 Å². The number of hydrogen-bond donors (Lipinski definition) is 0. The Morgan fingerprint density at radius 1 is 0.958 bits per heavy atom. The molecule has 0 aliphatic carbocycles. The van der Waals surface area contributed by atoms with Crippen LogP contribution in [0.4, 0.5) is 5.88 Å². The van der Waals surface area contributed by atoms with Gasteiger partial charge in [0.2, 0.25) is 5.88 Å². The van der Waals surface area contributed by atoms with Crippen LogP contribution in [0.2, 0.25) is 0 Å². The summed E-state index contributed by atoms with van der Waals surface area (Å²) in [5.74, 6) is 0.825. The minimum atomic E-state index is 0.181. The lowest BCUT2D eigenvalue weighted by Crippen LogP contribution is -2.17. The number of anilines is 1. The molecule has 0 N–H and O–H groups in total. The topological polar surface area (TPSA) is 29.3 Å². The first-order chi connectivity index (χ1) is 11.7. The van der Waals surface area contributed by atoms with Gasteiger partial charge in [-0.15, -0.1) is 11.8 Å². The Bertz CT molecular complexity index is 868.